The molecule has 0 bridgehead atoms. The van der Waals surface area contributed by atoms with E-state index >= 15 is 0 Å². The summed E-state index contributed by atoms with van der Waals surface area (Å²) in [5.74, 6) is -0.335. The summed E-state index contributed by atoms with van der Waals surface area (Å²) in [4.78, 5) is 31.5. The number of hydrogen-bond donors (Lipinski definition) is 1. The van der Waals surface area contributed by atoms with Crippen LogP contribution in [-0.4, -0.2) is 86.2 Å². The van der Waals surface area contributed by atoms with Gasteiger partial charge in [-0.2, -0.15) is 12.7 Å². The molecular weight excluding hydrogens is 550 g/mol. The SMILES string of the molecule is CN1CCN(C(=O)C2Cc3ccccc3-c3c(C4CCCCC4)c4ccc(C(=O)NS(=O)(=O)N(C)C)cc4n3C2)CC1. The molecule has 1 unspecified atom stereocenters. The zero-order valence-electron chi connectivity index (χ0n) is 24.8. The Kier molecular flexibility index (Phi) is 7.89. The molecule has 2 aromatic carbocycles. The van der Waals surface area contributed by atoms with Crippen molar-refractivity contribution in [1.82, 2.24) is 23.4 Å². The van der Waals surface area contributed by atoms with Gasteiger partial charge in [-0.15, -0.1) is 0 Å². The lowest BCUT2D eigenvalue weighted by Gasteiger charge is -2.34. The maximum Gasteiger partial charge on any atom is 0.303 e. The number of amides is 2. The summed E-state index contributed by atoms with van der Waals surface area (Å²) in [5, 5.41) is 1.09. The van der Waals surface area contributed by atoms with Gasteiger partial charge >= 0.3 is 10.2 Å². The van der Waals surface area contributed by atoms with E-state index in [1.807, 2.05) is 17.0 Å². The van der Waals surface area contributed by atoms with Gasteiger partial charge in [-0.05, 0) is 55.5 Å². The Hall–Kier alpha value is -3.21. The molecule has 3 aromatic rings. The van der Waals surface area contributed by atoms with Crippen molar-refractivity contribution in [2.24, 2.45) is 5.92 Å². The molecule has 2 fully saturated rings. The van der Waals surface area contributed by atoms with Gasteiger partial charge in [-0.25, -0.2) is 4.72 Å². The number of likely N-dealkylation sites (N-methyl/N-ethyl adjacent to an activating group) is 1. The van der Waals surface area contributed by atoms with Crippen molar-refractivity contribution in [2.75, 3.05) is 47.3 Å². The number of carbonyl (C=O) groups is 2. The molecule has 2 amide bonds. The van der Waals surface area contributed by atoms with Gasteiger partial charge in [0.25, 0.3) is 5.91 Å². The van der Waals surface area contributed by atoms with Crippen LogP contribution in [0.15, 0.2) is 42.5 Å². The van der Waals surface area contributed by atoms with Crippen LogP contribution < -0.4 is 4.72 Å². The maximum absolute atomic E-state index is 14.0. The number of carbonyl (C=O) groups excluding carboxylic acids is 2. The lowest BCUT2D eigenvalue weighted by molar-refractivity contribution is -0.137. The largest absolute Gasteiger partial charge is 0.340 e. The molecule has 3 heterocycles. The van der Waals surface area contributed by atoms with Crippen molar-refractivity contribution in [3.8, 4) is 11.3 Å². The minimum absolute atomic E-state index is 0.179. The molecule has 1 saturated carbocycles. The summed E-state index contributed by atoms with van der Waals surface area (Å²) in [6, 6.07) is 14.0. The molecule has 224 valence electrons. The van der Waals surface area contributed by atoms with Gasteiger partial charge in [-0.1, -0.05) is 49.6 Å². The number of benzene rings is 2. The van der Waals surface area contributed by atoms with Gasteiger partial charge in [0.05, 0.1) is 11.6 Å². The number of nitrogens with zero attached hydrogens (tertiary/aromatic N) is 4. The quantitative estimate of drug-likeness (QED) is 0.487. The molecule has 0 radical (unpaired) electrons. The summed E-state index contributed by atoms with van der Waals surface area (Å²) in [5.41, 5.74) is 5.95. The van der Waals surface area contributed by atoms with Gasteiger partial charge in [0.1, 0.15) is 0 Å². The highest BCUT2D eigenvalue weighted by Gasteiger charge is 2.35. The Morgan fingerprint density at radius 2 is 1.67 bits per heavy atom. The lowest BCUT2D eigenvalue weighted by atomic mass is 9.81. The first kappa shape index (κ1) is 28.9. The number of aromatic nitrogens is 1. The zero-order valence-corrected chi connectivity index (χ0v) is 25.6. The van der Waals surface area contributed by atoms with Gasteiger partial charge in [0.15, 0.2) is 0 Å². The van der Waals surface area contributed by atoms with Crippen molar-refractivity contribution in [3.63, 3.8) is 0 Å². The van der Waals surface area contributed by atoms with E-state index in [1.54, 1.807) is 6.07 Å². The smallest absolute Gasteiger partial charge is 0.303 e. The second kappa shape index (κ2) is 11.5. The van der Waals surface area contributed by atoms with Crippen LogP contribution in [0.1, 0.15) is 59.5 Å². The maximum atomic E-state index is 14.0. The predicted molar refractivity (Wildman–Crippen MR) is 165 cm³/mol. The Bertz CT molecular complexity index is 1610. The molecule has 0 spiro atoms. The minimum atomic E-state index is -3.94. The predicted octanol–water partition coefficient (Wildman–Crippen LogP) is 3.84. The Balaban J connectivity index is 1.50. The van der Waals surface area contributed by atoms with Crippen LogP contribution >= 0.6 is 0 Å². The molecule has 6 rings (SSSR count). The number of nitrogens with one attached hydrogen (secondary N) is 1. The van der Waals surface area contributed by atoms with Gasteiger partial charge in [0, 0.05) is 68.8 Å². The lowest BCUT2D eigenvalue weighted by Crippen LogP contribution is -2.49. The summed E-state index contributed by atoms with van der Waals surface area (Å²) >= 11 is 0. The van der Waals surface area contributed by atoms with Crippen LogP contribution in [0.4, 0.5) is 0 Å². The van der Waals surface area contributed by atoms with E-state index < -0.39 is 16.1 Å². The molecule has 3 aliphatic rings. The number of fused-ring (bicyclic) bond motifs is 5. The molecule has 1 aliphatic carbocycles. The number of hydrogen-bond acceptors (Lipinski definition) is 5. The van der Waals surface area contributed by atoms with E-state index in [0.717, 1.165) is 65.5 Å². The first-order valence-corrected chi connectivity index (χ1v) is 16.5. The highest BCUT2D eigenvalue weighted by atomic mass is 32.2. The van der Waals surface area contributed by atoms with Crippen LogP contribution in [0.25, 0.3) is 22.2 Å². The number of piperazine rings is 1. The van der Waals surface area contributed by atoms with Crippen molar-refractivity contribution in [3.05, 3.63) is 59.2 Å². The van der Waals surface area contributed by atoms with Crippen molar-refractivity contribution < 1.29 is 18.0 Å². The van der Waals surface area contributed by atoms with Gasteiger partial charge in [0.2, 0.25) is 5.91 Å². The second-order valence-electron chi connectivity index (χ2n) is 12.3. The van der Waals surface area contributed by atoms with Crippen LogP contribution in [0, 0.1) is 5.92 Å². The summed E-state index contributed by atoms with van der Waals surface area (Å²) in [6.45, 7) is 3.70. The monoisotopic (exact) mass is 591 g/mol. The van der Waals surface area contributed by atoms with Crippen LogP contribution in [-0.2, 0) is 28.0 Å². The Morgan fingerprint density at radius 1 is 0.952 bits per heavy atom. The molecule has 1 saturated heterocycles. The third-order valence-electron chi connectivity index (χ3n) is 9.39. The molecule has 10 heteroatoms. The molecule has 1 aromatic heterocycles. The van der Waals surface area contributed by atoms with E-state index in [-0.39, 0.29) is 17.4 Å². The van der Waals surface area contributed by atoms with Crippen LogP contribution in [0.2, 0.25) is 0 Å². The highest BCUT2D eigenvalue weighted by molar-refractivity contribution is 7.87. The fourth-order valence-corrected chi connectivity index (χ4v) is 7.53. The standard InChI is InChI=1S/C32H41N5O4S/c1-34(2)42(40,41)33-31(38)24-13-14-27-28(20-24)37-21-25(32(39)36-17-15-35(3)16-18-36)19-23-11-7-8-12-26(23)30(37)29(27)22-9-5-4-6-10-22/h7-8,11-14,20,22,25H,4-6,9-10,15-19,21H2,1-3H3,(H,33,38). The molecule has 2 aliphatic heterocycles. The average molecular weight is 592 g/mol. The van der Waals surface area contributed by atoms with Crippen molar-refractivity contribution in [1.29, 1.82) is 0 Å². The fraction of sp³-hybridized carbons (Fsp3) is 0.500. The third kappa shape index (κ3) is 5.36. The molecule has 1 atom stereocenters. The summed E-state index contributed by atoms with van der Waals surface area (Å²) < 4.78 is 30.3. The fourth-order valence-electron chi connectivity index (χ4n) is 7.00. The molecule has 9 nitrogen and oxygen atoms in total. The second-order valence-corrected chi connectivity index (χ2v) is 14.2. The van der Waals surface area contributed by atoms with E-state index in [0.29, 0.717) is 18.9 Å². The number of rotatable bonds is 5. The Morgan fingerprint density at radius 3 is 2.38 bits per heavy atom. The first-order valence-electron chi connectivity index (χ1n) is 15.1. The first-order chi connectivity index (χ1) is 20.1. The average Bonchev–Trinajstić information content (AvgIpc) is 3.19. The Labute approximate surface area is 248 Å². The van der Waals surface area contributed by atoms with E-state index in [4.69, 9.17) is 0 Å². The summed E-state index contributed by atoms with van der Waals surface area (Å²) in [6.07, 6.45) is 6.50. The van der Waals surface area contributed by atoms with Gasteiger partial charge < -0.3 is 14.4 Å². The van der Waals surface area contributed by atoms with Crippen molar-refractivity contribution in [2.45, 2.75) is 51.0 Å². The third-order valence-corrected chi connectivity index (χ3v) is 10.8. The molecule has 42 heavy (non-hydrogen) atoms. The summed E-state index contributed by atoms with van der Waals surface area (Å²) in [7, 11) is 0.925. The topological polar surface area (TPSA) is 95.0 Å². The highest BCUT2D eigenvalue weighted by Crippen LogP contribution is 2.46. The van der Waals surface area contributed by atoms with Crippen molar-refractivity contribution >= 4 is 32.9 Å². The molecular formula is C32H41N5O4S. The van der Waals surface area contributed by atoms with E-state index in [2.05, 4.69) is 45.5 Å². The van der Waals surface area contributed by atoms with E-state index in [1.165, 1.54) is 44.5 Å². The normalized spacial score (nSPS) is 20.3. The molecule has 1 N–H and O–H groups in total. The zero-order chi connectivity index (χ0) is 29.6. The van der Waals surface area contributed by atoms with E-state index in [9.17, 15) is 18.0 Å². The van der Waals surface area contributed by atoms with Gasteiger partial charge in [-0.3, -0.25) is 9.59 Å². The van der Waals surface area contributed by atoms with Crippen LogP contribution in [0.3, 0.4) is 0 Å². The minimum Gasteiger partial charge on any atom is -0.340 e. The van der Waals surface area contributed by atoms with Crippen LogP contribution in [0.5, 0.6) is 0 Å².